The number of amides is 1. The van der Waals surface area contributed by atoms with Crippen LogP contribution in [0.15, 0.2) is 12.2 Å². The van der Waals surface area contributed by atoms with Gasteiger partial charge in [0.2, 0.25) is 5.91 Å². The second kappa shape index (κ2) is 24.0. The summed E-state index contributed by atoms with van der Waals surface area (Å²) in [7, 11) is 0. The average molecular weight is 694 g/mol. The van der Waals surface area contributed by atoms with Crippen molar-refractivity contribution in [2.45, 2.75) is 177 Å². The number of unbranched alkanes of at least 4 members (excludes halogenated alkanes) is 13. The summed E-state index contributed by atoms with van der Waals surface area (Å²) >= 11 is 0. The number of ether oxygens (including phenoxy) is 4. The summed E-state index contributed by atoms with van der Waals surface area (Å²) in [5.41, 5.74) is 0. The number of aliphatic hydroxyl groups is 8. The SMILES string of the molecule is CCCCCCCCCCCCCCC/C=C/C(O)C(COC1OC(CO)C(OC2OC(CO)C(O)C(O)C2O)C(O)C1O)NC(C)=O. The van der Waals surface area contributed by atoms with Crippen LogP contribution in [0.4, 0.5) is 0 Å². The fraction of sp³-hybridized carbons (Fsp3) is 0.912. The summed E-state index contributed by atoms with van der Waals surface area (Å²) in [6.45, 7) is 1.80. The average Bonchev–Trinajstić information content (AvgIpc) is 3.07. The van der Waals surface area contributed by atoms with Gasteiger partial charge in [-0.2, -0.15) is 0 Å². The first-order valence-electron chi connectivity index (χ1n) is 17.9. The van der Waals surface area contributed by atoms with Gasteiger partial charge in [0.1, 0.15) is 48.8 Å². The van der Waals surface area contributed by atoms with E-state index in [-0.39, 0.29) is 6.61 Å². The first kappa shape index (κ1) is 42.9. The molecule has 0 saturated carbocycles. The smallest absolute Gasteiger partial charge is 0.217 e. The molecule has 2 rings (SSSR count). The summed E-state index contributed by atoms with van der Waals surface area (Å²) in [4.78, 5) is 11.8. The molecule has 9 N–H and O–H groups in total. The van der Waals surface area contributed by atoms with Crippen molar-refractivity contribution in [1.82, 2.24) is 5.32 Å². The Morgan fingerprint density at radius 1 is 0.729 bits per heavy atom. The van der Waals surface area contributed by atoms with E-state index in [9.17, 15) is 45.6 Å². The molecule has 12 atom stereocenters. The van der Waals surface area contributed by atoms with Gasteiger partial charge < -0.3 is 65.1 Å². The summed E-state index contributed by atoms with van der Waals surface area (Å²) in [5.74, 6) is -0.418. The fourth-order valence-electron chi connectivity index (χ4n) is 6.03. The molecule has 1 amide bonds. The Kier molecular flexibility index (Phi) is 21.5. The molecule has 0 aromatic heterocycles. The first-order chi connectivity index (χ1) is 23.0. The highest BCUT2D eigenvalue weighted by atomic mass is 16.7. The Hall–Kier alpha value is -1.27. The van der Waals surface area contributed by atoms with Gasteiger partial charge in [-0.25, -0.2) is 0 Å². The van der Waals surface area contributed by atoms with Crippen molar-refractivity contribution >= 4 is 5.91 Å². The third-order valence-corrected chi connectivity index (χ3v) is 9.01. The zero-order valence-electron chi connectivity index (χ0n) is 28.7. The molecule has 14 heteroatoms. The van der Waals surface area contributed by atoms with Crippen molar-refractivity contribution in [2.24, 2.45) is 0 Å². The topological polar surface area (TPSA) is 228 Å². The van der Waals surface area contributed by atoms with E-state index in [4.69, 9.17) is 18.9 Å². The van der Waals surface area contributed by atoms with Crippen molar-refractivity contribution < 1.29 is 64.6 Å². The molecular formula is C34H63NO13. The predicted octanol–water partition coefficient (Wildman–Crippen LogP) is 0.530. The van der Waals surface area contributed by atoms with Crippen molar-refractivity contribution in [2.75, 3.05) is 19.8 Å². The highest BCUT2D eigenvalue weighted by Gasteiger charge is 2.50. The van der Waals surface area contributed by atoms with E-state index < -0.39 is 92.7 Å². The van der Waals surface area contributed by atoms with Crippen LogP contribution in [0.3, 0.4) is 0 Å². The van der Waals surface area contributed by atoms with Crippen LogP contribution in [0.5, 0.6) is 0 Å². The lowest BCUT2D eigenvalue weighted by Gasteiger charge is -2.46. The second-order valence-electron chi connectivity index (χ2n) is 13.1. The molecule has 0 aromatic rings. The van der Waals surface area contributed by atoms with Gasteiger partial charge in [0.05, 0.1) is 32.0 Å². The maximum Gasteiger partial charge on any atom is 0.217 e. The maximum absolute atomic E-state index is 11.8. The number of carbonyl (C=O) groups excluding carboxylic acids is 1. The molecule has 2 saturated heterocycles. The van der Waals surface area contributed by atoms with E-state index in [2.05, 4.69) is 12.2 Å². The Balaban J connectivity index is 1.77. The highest BCUT2D eigenvalue weighted by Crippen LogP contribution is 2.29. The van der Waals surface area contributed by atoms with E-state index in [1.54, 1.807) is 6.08 Å². The molecule has 2 aliphatic heterocycles. The normalized spacial score (nSPS) is 32.4. The number of rotatable bonds is 24. The Morgan fingerprint density at radius 3 is 1.79 bits per heavy atom. The maximum atomic E-state index is 11.8. The van der Waals surface area contributed by atoms with Gasteiger partial charge in [0, 0.05) is 6.92 Å². The lowest BCUT2D eigenvalue weighted by Crippen LogP contribution is -2.65. The molecule has 2 heterocycles. The third-order valence-electron chi connectivity index (χ3n) is 9.01. The van der Waals surface area contributed by atoms with E-state index >= 15 is 0 Å². The van der Waals surface area contributed by atoms with Gasteiger partial charge in [0.25, 0.3) is 0 Å². The van der Waals surface area contributed by atoms with E-state index in [1.807, 2.05) is 6.08 Å². The van der Waals surface area contributed by atoms with Crippen LogP contribution in [-0.4, -0.2) is 140 Å². The summed E-state index contributed by atoms with van der Waals surface area (Å²) in [5, 5.41) is 84.6. The van der Waals surface area contributed by atoms with Gasteiger partial charge in [0.15, 0.2) is 12.6 Å². The van der Waals surface area contributed by atoms with Crippen LogP contribution in [0.2, 0.25) is 0 Å². The molecule has 14 nitrogen and oxygen atoms in total. The van der Waals surface area contributed by atoms with Gasteiger partial charge in [-0.05, 0) is 12.8 Å². The number of nitrogens with one attached hydrogen (secondary N) is 1. The molecular weight excluding hydrogens is 630 g/mol. The van der Waals surface area contributed by atoms with Crippen LogP contribution in [-0.2, 0) is 23.7 Å². The Morgan fingerprint density at radius 2 is 1.25 bits per heavy atom. The highest BCUT2D eigenvalue weighted by molar-refractivity contribution is 5.73. The van der Waals surface area contributed by atoms with Gasteiger partial charge >= 0.3 is 0 Å². The number of hydrogen-bond acceptors (Lipinski definition) is 13. The molecule has 12 unspecified atom stereocenters. The number of allylic oxidation sites excluding steroid dienone is 1. The van der Waals surface area contributed by atoms with Crippen LogP contribution in [0, 0.1) is 0 Å². The summed E-state index contributed by atoms with van der Waals surface area (Å²) in [6.07, 6.45) is 3.69. The summed E-state index contributed by atoms with van der Waals surface area (Å²) < 4.78 is 22.1. The van der Waals surface area contributed by atoms with Crippen molar-refractivity contribution in [3.05, 3.63) is 12.2 Å². The number of aliphatic hydroxyl groups excluding tert-OH is 8. The second-order valence-corrected chi connectivity index (χ2v) is 13.1. The molecule has 282 valence electrons. The number of carbonyl (C=O) groups is 1. The summed E-state index contributed by atoms with van der Waals surface area (Å²) in [6, 6.07) is -0.908. The Labute approximate surface area is 285 Å². The predicted molar refractivity (Wildman–Crippen MR) is 175 cm³/mol. The largest absolute Gasteiger partial charge is 0.394 e. The van der Waals surface area contributed by atoms with Gasteiger partial charge in [-0.1, -0.05) is 96.1 Å². The minimum atomic E-state index is -1.78. The fourth-order valence-corrected chi connectivity index (χ4v) is 6.03. The van der Waals surface area contributed by atoms with Crippen LogP contribution >= 0.6 is 0 Å². The molecule has 0 radical (unpaired) electrons. The molecule has 2 fully saturated rings. The minimum absolute atomic E-state index is 0.311. The van der Waals surface area contributed by atoms with Crippen molar-refractivity contribution in [3.63, 3.8) is 0 Å². The lowest BCUT2D eigenvalue weighted by molar-refractivity contribution is -0.359. The van der Waals surface area contributed by atoms with Gasteiger partial charge in [-0.15, -0.1) is 0 Å². The molecule has 48 heavy (non-hydrogen) atoms. The first-order valence-corrected chi connectivity index (χ1v) is 17.9. The van der Waals surface area contributed by atoms with E-state index in [0.29, 0.717) is 0 Å². The zero-order valence-corrected chi connectivity index (χ0v) is 28.7. The molecule has 0 spiro atoms. The molecule has 2 aliphatic rings. The molecule has 0 aromatic carbocycles. The molecule has 0 aliphatic carbocycles. The van der Waals surface area contributed by atoms with E-state index in [1.165, 1.54) is 77.6 Å². The quantitative estimate of drug-likeness (QED) is 0.0497. The molecule has 0 bridgehead atoms. The third kappa shape index (κ3) is 14.5. The van der Waals surface area contributed by atoms with Crippen molar-refractivity contribution in [1.29, 1.82) is 0 Å². The zero-order chi connectivity index (χ0) is 35.5. The Bertz CT molecular complexity index is 878. The van der Waals surface area contributed by atoms with Crippen LogP contribution in [0.25, 0.3) is 0 Å². The van der Waals surface area contributed by atoms with Crippen LogP contribution in [0.1, 0.15) is 104 Å². The van der Waals surface area contributed by atoms with E-state index in [0.717, 1.165) is 19.3 Å². The number of hydrogen-bond donors (Lipinski definition) is 9. The van der Waals surface area contributed by atoms with Gasteiger partial charge in [-0.3, -0.25) is 4.79 Å². The minimum Gasteiger partial charge on any atom is -0.394 e. The van der Waals surface area contributed by atoms with Crippen molar-refractivity contribution in [3.8, 4) is 0 Å². The lowest BCUT2D eigenvalue weighted by atomic mass is 9.97. The van der Waals surface area contributed by atoms with Crippen LogP contribution < -0.4 is 5.32 Å². The monoisotopic (exact) mass is 693 g/mol. The standard InChI is InChI=1S/C34H63NO13/c1-3-4-5-6-7-8-9-10-11-12-13-14-15-16-17-18-24(39)23(35-22(2)38)21-45-33-31(44)29(42)32(26(20-37)47-33)48-34-30(43)28(41)27(40)25(19-36)46-34/h17-18,23-34,36-37,39-44H,3-16,19-21H2,1-2H3,(H,35,38)/b18-17+.